The summed E-state index contributed by atoms with van der Waals surface area (Å²) in [5.74, 6) is 0.170. The van der Waals surface area contributed by atoms with Gasteiger partial charge in [0, 0.05) is 25.3 Å². The number of hydrogen-bond acceptors (Lipinski definition) is 3. The van der Waals surface area contributed by atoms with Gasteiger partial charge in [0.1, 0.15) is 5.75 Å². The lowest BCUT2D eigenvalue weighted by atomic mass is 10.2. The number of para-hydroxylation sites is 1. The lowest BCUT2D eigenvalue weighted by Gasteiger charge is -2.08. The minimum atomic E-state index is 0.170. The van der Waals surface area contributed by atoms with Gasteiger partial charge in [-0.05, 0) is 25.5 Å². The Balaban J connectivity index is 2.16. The normalized spacial score (nSPS) is 10.7. The van der Waals surface area contributed by atoms with Crippen LogP contribution < -0.4 is 5.32 Å². The monoisotopic (exact) mass is 257 g/mol. The summed E-state index contributed by atoms with van der Waals surface area (Å²) < 4.78 is 5.37. The highest BCUT2D eigenvalue weighted by molar-refractivity contribution is 6.32. The summed E-state index contributed by atoms with van der Waals surface area (Å²) in [6, 6.07) is 5.38. The highest BCUT2D eigenvalue weighted by atomic mass is 35.5. The van der Waals surface area contributed by atoms with E-state index in [1.807, 2.05) is 12.1 Å². The summed E-state index contributed by atoms with van der Waals surface area (Å²) in [5.41, 5.74) is 0.826. The molecule has 96 valence electrons. The zero-order chi connectivity index (χ0) is 12.5. The van der Waals surface area contributed by atoms with Crippen molar-refractivity contribution in [3.63, 3.8) is 0 Å². The largest absolute Gasteiger partial charge is 0.506 e. The van der Waals surface area contributed by atoms with E-state index in [0.717, 1.165) is 38.2 Å². The molecule has 1 aromatic rings. The minimum Gasteiger partial charge on any atom is -0.506 e. The van der Waals surface area contributed by atoms with E-state index in [2.05, 4.69) is 12.2 Å². The van der Waals surface area contributed by atoms with Crippen molar-refractivity contribution in [2.24, 2.45) is 0 Å². The predicted octanol–water partition coefficient (Wildman–Crippen LogP) is 2.95. The second-order valence-electron chi connectivity index (χ2n) is 3.89. The van der Waals surface area contributed by atoms with Crippen LogP contribution in [-0.2, 0) is 11.3 Å². The highest BCUT2D eigenvalue weighted by Crippen LogP contribution is 2.26. The van der Waals surface area contributed by atoms with Crippen molar-refractivity contribution in [2.75, 3.05) is 19.8 Å². The molecule has 0 unspecified atom stereocenters. The number of phenols is 1. The third-order valence-electron chi connectivity index (χ3n) is 2.38. The van der Waals surface area contributed by atoms with Crippen molar-refractivity contribution < 1.29 is 9.84 Å². The van der Waals surface area contributed by atoms with E-state index in [-0.39, 0.29) is 5.75 Å². The van der Waals surface area contributed by atoms with Gasteiger partial charge in [0.2, 0.25) is 0 Å². The molecule has 0 spiro atoms. The van der Waals surface area contributed by atoms with E-state index in [1.54, 1.807) is 6.07 Å². The van der Waals surface area contributed by atoms with Gasteiger partial charge in [-0.25, -0.2) is 0 Å². The molecule has 0 aliphatic carbocycles. The fourth-order valence-corrected chi connectivity index (χ4v) is 1.67. The average molecular weight is 258 g/mol. The average Bonchev–Trinajstić information content (AvgIpc) is 2.33. The molecule has 0 saturated carbocycles. The van der Waals surface area contributed by atoms with Crippen LogP contribution in [-0.4, -0.2) is 24.9 Å². The number of aromatic hydroxyl groups is 1. The molecule has 0 amide bonds. The molecule has 0 aromatic heterocycles. The van der Waals surface area contributed by atoms with E-state index in [9.17, 15) is 5.11 Å². The zero-order valence-corrected chi connectivity index (χ0v) is 11.0. The fraction of sp³-hybridized carbons (Fsp3) is 0.538. The summed E-state index contributed by atoms with van der Waals surface area (Å²) in [7, 11) is 0. The summed E-state index contributed by atoms with van der Waals surface area (Å²) in [4.78, 5) is 0. The molecule has 1 rings (SSSR count). The van der Waals surface area contributed by atoms with Crippen LogP contribution in [0, 0.1) is 0 Å². The van der Waals surface area contributed by atoms with Gasteiger partial charge in [0.25, 0.3) is 0 Å². The van der Waals surface area contributed by atoms with Gasteiger partial charge in [-0.2, -0.15) is 0 Å². The first-order valence-corrected chi connectivity index (χ1v) is 6.38. The fourth-order valence-electron chi connectivity index (χ4n) is 1.47. The third-order valence-corrected chi connectivity index (χ3v) is 2.68. The Bertz CT molecular complexity index is 331. The molecule has 4 heteroatoms. The lowest BCUT2D eigenvalue weighted by molar-refractivity contribution is 0.132. The second kappa shape index (κ2) is 8.34. The quantitative estimate of drug-likeness (QED) is 0.704. The van der Waals surface area contributed by atoms with Crippen molar-refractivity contribution in [1.29, 1.82) is 0 Å². The molecule has 0 aliphatic heterocycles. The number of phenolic OH excluding ortho intramolecular Hbond substituents is 1. The van der Waals surface area contributed by atoms with E-state index in [0.29, 0.717) is 11.6 Å². The summed E-state index contributed by atoms with van der Waals surface area (Å²) in [5, 5.41) is 13.3. The van der Waals surface area contributed by atoms with Crippen LogP contribution in [0.5, 0.6) is 5.75 Å². The van der Waals surface area contributed by atoms with E-state index < -0.39 is 0 Å². The van der Waals surface area contributed by atoms with Gasteiger partial charge < -0.3 is 15.2 Å². The van der Waals surface area contributed by atoms with Crippen LogP contribution in [0.25, 0.3) is 0 Å². The Morgan fingerprint density at radius 1 is 1.35 bits per heavy atom. The maximum atomic E-state index is 9.67. The Hall–Kier alpha value is -0.770. The second-order valence-corrected chi connectivity index (χ2v) is 4.30. The van der Waals surface area contributed by atoms with E-state index in [4.69, 9.17) is 16.3 Å². The molecule has 3 nitrogen and oxygen atoms in total. The van der Waals surface area contributed by atoms with Crippen LogP contribution in [0.2, 0.25) is 5.02 Å². The van der Waals surface area contributed by atoms with Crippen LogP contribution in [0.15, 0.2) is 18.2 Å². The first kappa shape index (κ1) is 14.3. The number of halogens is 1. The molecule has 0 aliphatic rings. The molecular formula is C13H20ClNO2. The van der Waals surface area contributed by atoms with Crippen LogP contribution in [0.3, 0.4) is 0 Å². The van der Waals surface area contributed by atoms with Crippen molar-refractivity contribution in [3.05, 3.63) is 28.8 Å². The molecule has 0 saturated heterocycles. The molecule has 2 N–H and O–H groups in total. The summed E-state index contributed by atoms with van der Waals surface area (Å²) >= 11 is 5.81. The topological polar surface area (TPSA) is 41.5 Å². The van der Waals surface area contributed by atoms with E-state index >= 15 is 0 Å². The maximum Gasteiger partial charge on any atom is 0.138 e. The number of rotatable bonds is 8. The number of ether oxygens (including phenoxy) is 1. The molecule has 17 heavy (non-hydrogen) atoms. The molecular weight excluding hydrogens is 238 g/mol. The lowest BCUT2D eigenvalue weighted by Crippen LogP contribution is -2.16. The summed E-state index contributed by atoms with van der Waals surface area (Å²) in [6.45, 7) is 5.20. The maximum absolute atomic E-state index is 9.67. The van der Waals surface area contributed by atoms with Gasteiger partial charge in [0.15, 0.2) is 0 Å². The van der Waals surface area contributed by atoms with Gasteiger partial charge in [-0.3, -0.25) is 0 Å². The Labute approximate surface area is 108 Å². The smallest absolute Gasteiger partial charge is 0.138 e. The predicted molar refractivity (Wildman–Crippen MR) is 70.6 cm³/mol. The van der Waals surface area contributed by atoms with Crippen LogP contribution in [0.1, 0.15) is 25.3 Å². The zero-order valence-electron chi connectivity index (χ0n) is 10.2. The van der Waals surface area contributed by atoms with Crippen molar-refractivity contribution in [2.45, 2.75) is 26.3 Å². The van der Waals surface area contributed by atoms with Crippen LogP contribution >= 0.6 is 11.6 Å². The number of nitrogens with one attached hydrogen (secondary N) is 1. The molecule has 0 fully saturated rings. The Kier molecular flexibility index (Phi) is 7.01. The first-order valence-electron chi connectivity index (χ1n) is 6.00. The van der Waals surface area contributed by atoms with Gasteiger partial charge >= 0.3 is 0 Å². The molecule has 0 bridgehead atoms. The molecule has 0 radical (unpaired) electrons. The van der Waals surface area contributed by atoms with Crippen molar-refractivity contribution in [3.8, 4) is 5.75 Å². The Morgan fingerprint density at radius 2 is 2.18 bits per heavy atom. The Morgan fingerprint density at radius 3 is 2.94 bits per heavy atom. The third kappa shape index (κ3) is 5.39. The number of hydrogen-bond donors (Lipinski definition) is 2. The van der Waals surface area contributed by atoms with Crippen LogP contribution in [0.4, 0.5) is 0 Å². The van der Waals surface area contributed by atoms with Crippen molar-refractivity contribution >= 4 is 11.6 Å². The summed E-state index contributed by atoms with van der Waals surface area (Å²) in [6.07, 6.45) is 2.03. The van der Waals surface area contributed by atoms with Gasteiger partial charge in [0.05, 0.1) is 5.02 Å². The molecule has 0 heterocycles. The van der Waals surface area contributed by atoms with Crippen molar-refractivity contribution in [1.82, 2.24) is 5.32 Å². The van der Waals surface area contributed by atoms with E-state index in [1.165, 1.54) is 0 Å². The number of benzene rings is 1. The molecule has 0 atom stereocenters. The molecule has 1 aromatic carbocycles. The standard InChI is InChI=1S/C13H20ClNO2/c1-2-8-17-9-4-7-15-10-11-5-3-6-12(14)13(11)16/h3,5-6,15-16H,2,4,7-10H2,1H3. The highest BCUT2D eigenvalue weighted by Gasteiger charge is 2.03. The SMILES string of the molecule is CCCOCCCNCc1cccc(Cl)c1O. The minimum absolute atomic E-state index is 0.170. The van der Waals surface area contributed by atoms with Gasteiger partial charge in [-0.1, -0.05) is 30.7 Å². The first-order chi connectivity index (χ1) is 8.25. The van der Waals surface area contributed by atoms with Gasteiger partial charge in [-0.15, -0.1) is 0 Å².